The molecule has 0 spiro atoms. The fourth-order valence-corrected chi connectivity index (χ4v) is 2.79. The van der Waals surface area contributed by atoms with Crippen molar-refractivity contribution in [2.75, 3.05) is 0 Å². The second-order valence-corrected chi connectivity index (χ2v) is 5.66. The molecule has 0 amide bonds. The molecule has 0 atom stereocenters. The van der Waals surface area contributed by atoms with Gasteiger partial charge in [-0.2, -0.15) is 0 Å². The number of rotatable bonds is 2. The molecule has 0 unspecified atom stereocenters. The first-order chi connectivity index (χ1) is 13.0. The molecule has 0 heterocycles. The van der Waals surface area contributed by atoms with E-state index in [0.717, 1.165) is 5.39 Å². The molecule has 0 saturated carbocycles. The SMILES string of the molecule is O=[N+]([O-])c1ccc(O)c2ccccc12.O=[N+]([O-])c1cccc2ccccc12. The highest BCUT2D eigenvalue weighted by molar-refractivity contribution is 5.95. The molecule has 134 valence electrons. The summed E-state index contributed by atoms with van der Waals surface area (Å²) in [5.74, 6) is 0.0613. The van der Waals surface area contributed by atoms with Gasteiger partial charge in [-0.15, -0.1) is 0 Å². The molecule has 27 heavy (non-hydrogen) atoms. The maximum atomic E-state index is 10.7. The summed E-state index contributed by atoms with van der Waals surface area (Å²) in [5.41, 5.74) is 0.177. The van der Waals surface area contributed by atoms with E-state index in [-0.39, 0.29) is 22.0 Å². The van der Waals surface area contributed by atoms with Crippen LogP contribution in [-0.2, 0) is 0 Å². The van der Waals surface area contributed by atoms with Gasteiger partial charge in [0, 0.05) is 17.5 Å². The Morgan fingerprint density at radius 1 is 0.593 bits per heavy atom. The van der Waals surface area contributed by atoms with Gasteiger partial charge in [-0.3, -0.25) is 20.2 Å². The molecule has 4 rings (SSSR count). The summed E-state index contributed by atoms with van der Waals surface area (Å²) in [7, 11) is 0. The fourth-order valence-electron chi connectivity index (χ4n) is 2.79. The molecule has 4 aromatic rings. The quantitative estimate of drug-likeness (QED) is 0.389. The van der Waals surface area contributed by atoms with Crippen LogP contribution in [0.3, 0.4) is 0 Å². The molecule has 0 bridgehead atoms. The number of phenols is 1. The van der Waals surface area contributed by atoms with E-state index in [1.54, 1.807) is 42.5 Å². The summed E-state index contributed by atoms with van der Waals surface area (Å²) in [6, 6.07) is 21.7. The van der Waals surface area contributed by atoms with Crippen molar-refractivity contribution in [3.63, 3.8) is 0 Å². The average molecular weight is 362 g/mol. The molecule has 0 saturated heterocycles. The van der Waals surface area contributed by atoms with Crippen LogP contribution in [0, 0.1) is 20.2 Å². The summed E-state index contributed by atoms with van der Waals surface area (Å²) < 4.78 is 0. The average Bonchev–Trinajstić information content (AvgIpc) is 2.68. The largest absolute Gasteiger partial charge is 0.507 e. The van der Waals surface area contributed by atoms with E-state index in [0.29, 0.717) is 16.2 Å². The zero-order valence-corrected chi connectivity index (χ0v) is 14.0. The number of benzene rings is 4. The van der Waals surface area contributed by atoms with E-state index in [9.17, 15) is 25.3 Å². The fraction of sp³-hybridized carbons (Fsp3) is 0. The van der Waals surface area contributed by atoms with Gasteiger partial charge >= 0.3 is 0 Å². The Kier molecular flexibility index (Phi) is 4.94. The van der Waals surface area contributed by atoms with Crippen molar-refractivity contribution in [2.24, 2.45) is 0 Å². The Balaban J connectivity index is 0.000000156. The van der Waals surface area contributed by atoms with Crippen LogP contribution in [0.5, 0.6) is 5.75 Å². The number of aromatic hydroxyl groups is 1. The van der Waals surface area contributed by atoms with E-state index < -0.39 is 4.92 Å². The molecular formula is C20H14N2O5. The molecule has 4 aromatic carbocycles. The van der Waals surface area contributed by atoms with Gasteiger partial charge in [-0.1, -0.05) is 48.5 Å². The van der Waals surface area contributed by atoms with Crippen LogP contribution in [0.25, 0.3) is 21.5 Å². The van der Waals surface area contributed by atoms with E-state index in [1.807, 2.05) is 18.2 Å². The third-order valence-electron chi connectivity index (χ3n) is 4.04. The smallest absolute Gasteiger partial charge is 0.277 e. The van der Waals surface area contributed by atoms with Crippen LogP contribution in [0.1, 0.15) is 0 Å². The second kappa shape index (κ2) is 7.49. The van der Waals surface area contributed by atoms with E-state index in [1.165, 1.54) is 18.2 Å². The van der Waals surface area contributed by atoms with Crippen LogP contribution in [0.2, 0.25) is 0 Å². The van der Waals surface area contributed by atoms with Crippen molar-refractivity contribution in [3.05, 3.63) is 99.1 Å². The third-order valence-corrected chi connectivity index (χ3v) is 4.04. The summed E-state index contributed by atoms with van der Waals surface area (Å²) in [6.07, 6.45) is 0. The number of hydrogen-bond acceptors (Lipinski definition) is 5. The zero-order chi connectivity index (χ0) is 19.4. The summed E-state index contributed by atoms with van der Waals surface area (Å²) in [5, 5.41) is 33.3. The lowest BCUT2D eigenvalue weighted by Gasteiger charge is -2.00. The molecule has 0 fully saturated rings. The van der Waals surface area contributed by atoms with Crippen molar-refractivity contribution < 1.29 is 15.0 Å². The highest BCUT2D eigenvalue weighted by Gasteiger charge is 2.12. The van der Waals surface area contributed by atoms with Crippen molar-refractivity contribution in [1.29, 1.82) is 0 Å². The van der Waals surface area contributed by atoms with Crippen LogP contribution >= 0.6 is 0 Å². The number of nitrogens with zero attached hydrogens (tertiary/aromatic N) is 2. The van der Waals surface area contributed by atoms with Gasteiger partial charge in [-0.25, -0.2) is 0 Å². The van der Waals surface area contributed by atoms with Crippen LogP contribution < -0.4 is 0 Å². The predicted molar refractivity (Wildman–Crippen MR) is 103 cm³/mol. The maximum Gasteiger partial charge on any atom is 0.277 e. The predicted octanol–water partition coefficient (Wildman–Crippen LogP) is 5.20. The normalized spacial score (nSPS) is 10.2. The molecule has 0 radical (unpaired) electrons. The van der Waals surface area contributed by atoms with E-state index in [2.05, 4.69) is 0 Å². The van der Waals surface area contributed by atoms with Crippen molar-refractivity contribution >= 4 is 32.9 Å². The van der Waals surface area contributed by atoms with Crippen molar-refractivity contribution in [2.45, 2.75) is 0 Å². The highest BCUT2D eigenvalue weighted by atomic mass is 16.6. The van der Waals surface area contributed by atoms with Gasteiger partial charge in [0.2, 0.25) is 0 Å². The number of phenolic OH excluding ortho intramolecular Hbond substituents is 1. The summed E-state index contributed by atoms with van der Waals surface area (Å²) in [4.78, 5) is 20.5. The number of non-ortho nitro benzene ring substituents is 2. The lowest BCUT2D eigenvalue weighted by Crippen LogP contribution is -1.88. The minimum Gasteiger partial charge on any atom is -0.507 e. The Bertz CT molecular complexity index is 1150. The summed E-state index contributed by atoms with van der Waals surface area (Å²) in [6.45, 7) is 0. The van der Waals surface area contributed by atoms with Gasteiger partial charge in [0.15, 0.2) is 0 Å². The van der Waals surface area contributed by atoms with Gasteiger partial charge in [-0.05, 0) is 23.6 Å². The molecule has 0 aliphatic rings. The number of nitro groups is 2. The minimum absolute atomic E-state index is 0.0124. The molecule has 0 aliphatic carbocycles. The number of fused-ring (bicyclic) bond motifs is 2. The van der Waals surface area contributed by atoms with Gasteiger partial charge in [0.1, 0.15) is 5.75 Å². The minimum atomic E-state index is -0.457. The first-order valence-electron chi connectivity index (χ1n) is 7.96. The Labute approximate surface area is 153 Å². The third kappa shape index (κ3) is 3.67. The number of hydrogen-bond donors (Lipinski definition) is 1. The van der Waals surface area contributed by atoms with Crippen molar-refractivity contribution in [1.82, 2.24) is 0 Å². The Morgan fingerprint density at radius 3 is 1.78 bits per heavy atom. The Morgan fingerprint density at radius 2 is 1.11 bits per heavy atom. The van der Waals surface area contributed by atoms with E-state index >= 15 is 0 Å². The van der Waals surface area contributed by atoms with Crippen molar-refractivity contribution in [3.8, 4) is 5.75 Å². The van der Waals surface area contributed by atoms with Crippen LogP contribution in [0.15, 0.2) is 78.9 Å². The molecule has 7 nitrogen and oxygen atoms in total. The summed E-state index contributed by atoms with van der Waals surface area (Å²) >= 11 is 0. The van der Waals surface area contributed by atoms with Crippen LogP contribution in [-0.4, -0.2) is 15.0 Å². The Hall–Kier alpha value is -4.00. The first-order valence-corrected chi connectivity index (χ1v) is 7.96. The molecular weight excluding hydrogens is 348 g/mol. The van der Waals surface area contributed by atoms with Gasteiger partial charge < -0.3 is 5.11 Å². The standard InChI is InChI=1S/C10H7NO3.C10H7NO2/c12-10-6-5-9(11(13)14)7-3-1-2-4-8(7)10;12-11(13)10-7-3-5-8-4-1-2-6-9(8)10/h1-6,12H;1-7H. The lowest BCUT2D eigenvalue weighted by molar-refractivity contribution is -0.383. The maximum absolute atomic E-state index is 10.7. The first kappa shape index (κ1) is 17.8. The number of nitro benzene ring substituents is 2. The highest BCUT2D eigenvalue weighted by Crippen LogP contribution is 2.31. The lowest BCUT2D eigenvalue weighted by atomic mass is 10.1. The monoisotopic (exact) mass is 362 g/mol. The topological polar surface area (TPSA) is 107 Å². The zero-order valence-electron chi connectivity index (χ0n) is 14.0. The molecule has 0 aromatic heterocycles. The van der Waals surface area contributed by atoms with Crippen LogP contribution in [0.4, 0.5) is 11.4 Å². The van der Waals surface area contributed by atoms with Gasteiger partial charge in [0.05, 0.1) is 20.6 Å². The van der Waals surface area contributed by atoms with Gasteiger partial charge in [0.25, 0.3) is 11.4 Å². The molecule has 7 heteroatoms. The second-order valence-electron chi connectivity index (χ2n) is 5.66. The van der Waals surface area contributed by atoms with E-state index in [4.69, 9.17) is 0 Å². The molecule has 1 N–H and O–H groups in total. The molecule has 0 aliphatic heterocycles.